The number of carbonyl (C=O) groups is 2. The van der Waals surface area contributed by atoms with Crippen LogP contribution in [0.3, 0.4) is 0 Å². The lowest BCUT2D eigenvalue weighted by Crippen LogP contribution is -2.43. The van der Waals surface area contributed by atoms with E-state index in [4.69, 9.17) is 19.4 Å². The number of hydrogen-bond acceptors (Lipinski definition) is 8. The van der Waals surface area contributed by atoms with E-state index in [0.29, 0.717) is 30.1 Å². The number of amides is 1. The number of carboxylic acids is 1. The summed E-state index contributed by atoms with van der Waals surface area (Å²) in [5.74, 6) is -2.31. The van der Waals surface area contributed by atoms with E-state index in [9.17, 15) is 26.4 Å². The number of sulfonamides is 1. The predicted octanol–water partition coefficient (Wildman–Crippen LogP) is 3.03. The molecule has 1 heterocycles. The molecular weight excluding hydrogens is 557 g/mol. The fourth-order valence-electron chi connectivity index (χ4n) is 3.82. The predicted molar refractivity (Wildman–Crippen MR) is 143 cm³/mol. The van der Waals surface area contributed by atoms with Crippen molar-refractivity contribution in [2.75, 3.05) is 63.1 Å². The number of carboxylic acid groups (broad SMARTS) is 1. The third-order valence-electron chi connectivity index (χ3n) is 5.90. The highest BCUT2D eigenvalue weighted by Crippen LogP contribution is 2.34. The smallest absolute Gasteiger partial charge is 0.490 e. The number of anilines is 2. The summed E-state index contributed by atoms with van der Waals surface area (Å²) in [7, 11) is -1.16. The van der Waals surface area contributed by atoms with Crippen LogP contribution in [0.1, 0.15) is 24.2 Å². The Morgan fingerprint density at radius 1 is 1.05 bits per heavy atom. The monoisotopic (exact) mass is 590 g/mol. The molecule has 1 amide bonds. The van der Waals surface area contributed by atoms with E-state index in [-0.39, 0.29) is 16.6 Å². The molecule has 0 aliphatic carbocycles. The molecular formula is C25H33F3N4O7S. The number of carbonyl (C=O) groups excluding carboxylic acids is 1. The lowest BCUT2D eigenvalue weighted by Gasteiger charge is -2.31. The number of methoxy groups -OCH3 is 2. The molecule has 1 saturated heterocycles. The average molecular weight is 591 g/mol. The summed E-state index contributed by atoms with van der Waals surface area (Å²) in [6, 6.07) is 9.77. The Balaban J connectivity index is 0.000000708. The first kappa shape index (κ1) is 32.5. The second-order valence-corrected chi connectivity index (χ2v) is 10.0. The van der Waals surface area contributed by atoms with Crippen LogP contribution in [-0.2, 0) is 14.8 Å². The van der Waals surface area contributed by atoms with Crippen molar-refractivity contribution in [3.63, 3.8) is 0 Å². The number of piperazine rings is 1. The number of alkyl halides is 3. The maximum absolute atomic E-state index is 13.4. The van der Waals surface area contributed by atoms with Gasteiger partial charge in [-0.15, -0.1) is 0 Å². The summed E-state index contributed by atoms with van der Waals surface area (Å²) in [5, 5.41) is 10.4. The van der Waals surface area contributed by atoms with Crippen molar-refractivity contribution in [1.82, 2.24) is 10.2 Å². The molecule has 3 rings (SSSR count). The Morgan fingerprint density at radius 3 is 2.15 bits per heavy atom. The molecule has 0 atom stereocenters. The number of hydrogen-bond donors (Lipinski definition) is 3. The molecule has 2 aromatic carbocycles. The molecule has 0 bridgehead atoms. The van der Waals surface area contributed by atoms with Crippen LogP contribution in [0.2, 0.25) is 0 Å². The fourth-order valence-corrected chi connectivity index (χ4v) is 5.07. The van der Waals surface area contributed by atoms with Crippen LogP contribution in [0, 0.1) is 0 Å². The van der Waals surface area contributed by atoms with E-state index in [1.165, 1.54) is 20.3 Å². The van der Waals surface area contributed by atoms with Crippen LogP contribution in [0.5, 0.6) is 11.5 Å². The van der Waals surface area contributed by atoms with E-state index < -0.39 is 22.2 Å². The Labute approximate surface area is 230 Å². The number of halogens is 3. The Hall–Kier alpha value is -3.72. The van der Waals surface area contributed by atoms with Crippen molar-refractivity contribution in [3.05, 3.63) is 42.0 Å². The molecule has 1 aliphatic rings. The van der Waals surface area contributed by atoms with E-state index in [2.05, 4.69) is 14.9 Å². The lowest BCUT2D eigenvalue weighted by molar-refractivity contribution is -0.192. The van der Waals surface area contributed by atoms with Gasteiger partial charge < -0.3 is 29.7 Å². The van der Waals surface area contributed by atoms with Gasteiger partial charge in [0.15, 0.2) is 0 Å². The number of ether oxygens (including phenoxy) is 2. The van der Waals surface area contributed by atoms with E-state index in [1.807, 2.05) is 19.9 Å². The average Bonchev–Trinajstić information content (AvgIpc) is 2.93. The molecule has 11 nitrogen and oxygen atoms in total. The Morgan fingerprint density at radius 2 is 1.65 bits per heavy atom. The van der Waals surface area contributed by atoms with Crippen molar-refractivity contribution in [2.24, 2.45) is 0 Å². The van der Waals surface area contributed by atoms with Gasteiger partial charge in [-0.05, 0) is 44.2 Å². The molecule has 0 saturated carbocycles. The van der Waals surface area contributed by atoms with Crippen LogP contribution >= 0.6 is 0 Å². The van der Waals surface area contributed by atoms with Gasteiger partial charge in [-0.2, -0.15) is 13.2 Å². The second-order valence-electron chi connectivity index (χ2n) is 8.37. The van der Waals surface area contributed by atoms with Gasteiger partial charge in [0.25, 0.3) is 15.9 Å². The first-order valence-corrected chi connectivity index (χ1v) is 13.7. The highest BCUT2D eigenvalue weighted by atomic mass is 32.2. The number of benzene rings is 2. The SMILES string of the molecule is CCN(CC)C(=O)c1ccc(N2CCNCC2)c(NS(=O)(=O)c2cc(OC)ccc2OC)c1.O=C(O)C(F)(F)F. The number of aliphatic carboxylic acids is 1. The molecule has 3 N–H and O–H groups in total. The summed E-state index contributed by atoms with van der Waals surface area (Å²) in [6.07, 6.45) is -5.08. The van der Waals surface area contributed by atoms with Crippen LogP contribution in [0.4, 0.5) is 24.5 Å². The summed E-state index contributed by atoms with van der Waals surface area (Å²) < 4.78 is 71.8. The number of nitrogens with one attached hydrogen (secondary N) is 2. The fraction of sp³-hybridized carbons (Fsp3) is 0.440. The second kappa shape index (κ2) is 14.1. The number of nitrogens with zero attached hydrogens (tertiary/aromatic N) is 2. The van der Waals surface area contributed by atoms with Gasteiger partial charge in [-0.25, -0.2) is 13.2 Å². The maximum Gasteiger partial charge on any atom is 0.490 e. The van der Waals surface area contributed by atoms with Crippen molar-refractivity contribution in [2.45, 2.75) is 24.9 Å². The largest absolute Gasteiger partial charge is 0.497 e. The topological polar surface area (TPSA) is 138 Å². The van der Waals surface area contributed by atoms with Crippen molar-refractivity contribution >= 4 is 33.3 Å². The van der Waals surface area contributed by atoms with Crippen molar-refractivity contribution in [3.8, 4) is 11.5 Å². The van der Waals surface area contributed by atoms with Crippen molar-refractivity contribution < 1.29 is 45.8 Å². The highest BCUT2D eigenvalue weighted by Gasteiger charge is 2.38. The zero-order valence-corrected chi connectivity index (χ0v) is 23.4. The van der Waals surface area contributed by atoms with Gasteiger partial charge in [-0.3, -0.25) is 9.52 Å². The maximum atomic E-state index is 13.4. The van der Waals surface area contributed by atoms with Gasteiger partial charge in [0.2, 0.25) is 0 Å². The Bertz CT molecular complexity index is 1280. The molecule has 1 aliphatic heterocycles. The lowest BCUT2D eigenvalue weighted by atomic mass is 10.1. The molecule has 0 spiro atoms. The van der Waals surface area contributed by atoms with Gasteiger partial charge >= 0.3 is 12.1 Å². The minimum absolute atomic E-state index is 0.0453. The first-order valence-electron chi connectivity index (χ1n) is 12.2. The summed E-state index contributed by atoms with van der Waals surface area (Å²) >= 11 is 0. The minimum atomic E-state index is -5.08. The summed E-state index contributed by atoms with van der Waals surface area (Å²) in [4.78, 5) is 25.6. The van der Waals surface area contributed by atoms with Gasteiger partial charge in [0.1, 0.15) is 16.4 Å². The summed E-state index contributed by atoms with van der Waals surface area (Å²) in [6.45, 7) is 7.98. The van der Waals surface area contributed by atoms with Crippen molar-refractivity contribution in [1.29, 1.82) is 0 Å². The normalized spacial score (nSPS) is 13.5. The molecule has 222 valence electrons. The number of rotatable bonds is 9. The van der Waals surface area contributed by atoms with Gasteiger partial charge in [0.05, 0.1) is 25.6 Å². The minimum Gasteiger partial charge on any atom is -0.497 e. The molecule has 0 aromatic heterocycles. The zero-order valence-electron chi connectivity index (χ0n) is 22.5. The summed E-state index contributed by atoms with van der Waals surface area (Å²) in [5.41, 5.74) is 1.49. The molecule has 1 fully saturated rings. The van der Waals surface area contributed by atoms with E-state index in [1.54, 1.807) is 29.2 Å². The third-order valence-corrected chi connectivity index (χ3v) is 7.29. The first-order chi connectivity index (χ1) is 18.8. The van der Waals surface area contributed by atoms with Gasteiger partial charge in [-0.1, -0.05) is 0 Å². The molecule has 0 radical (unpaired) electrons. The van der Waals surface area contributed by atoms with Crippen LogP contribution in [-0.4, -0.2) is 90.0 Å². The zero-order chi connectivity index (χ0) is 30.1. The standard InChI is InChI=1S/C23H32N4O5S.C2HF3O2/c1-5-26(6-2)23(28)17-7-9-20(27-13-11-24-12-14-27)19(15-17)25-33(29,30)22-16-18(31-3)8-10-21(22)32-4;3-2(4,5)1(6)7/h7-10,15-16,24-25H,5-6,11-14H2,1-4H3;(H,6,7). The van der Waals surface area contributed by atoms with Crippen LogP contribution in [0.25, 0.3) is 0 Å². The Kier molecular flexibility index (Phi) is 11.4. The van der Waals surface area contributed by atoms with Crippen LogP contribution < -0.4 is 24.4 Å². The highest BCUT2D eigenvalue weighted by molar-refractivity contribution is 7.92. The van der Waals surface area contributed by atoms with E-state index in [0.717, 1.165) is 31.9 Å². The molecule has 40 heavy (non-hydrogen) atoms. The van der Waals surface area contributed by atoms with Crippen LogP contribution in [0.15, 0.2) is 41.3 Å². The third kappa shape index (κ3) is 8.39. The molecule has 0 unspecified atom stereocenters. The molecule has 2 aromatic rings. The quantitative estimate of drug-likeness (QED) is 0.403. The molecule has 15 heteroatoms. The van der Waals surface area contributed by atoms with Gasteiger partial charge in [0, 0.05) is 50.9 Å². The van der Waals surface area contributed by atoms with E-state index >= 15 is 0 Å².